The van der Waals surface area contributed by atoms with Crippen LogP contribution in [0.15, 0.2) is 34.7 Å². The molecule has 2 aromatic rings. The number of aryl methyl sites for hydroxylation is 2. The van der Waals surface area contributed by atoms with Gasteiger partial charge in [-0.3, -0.25) is 4.79 Å². The van der Waals surface area contributed by atoms with Crippen molar-refractivity contribution in [3.8, 4) is 5.75 Å². The van der Waals surface area contributed by atoms with Crippen LogP contribution in [0.4, 0.5) is 0 Å². The van der Waals surface area contributed by atoms with Crippen molar-refractivity contribution in [3.63, 3.8) is 0 Å². The van der Waals surface area contributed by atoms with E-state index in [4.69, 9.17) is 9.15 Å². The van der Waals surface area contributed by atoms with Gasteiger partial charge in [-0.2, -0.15) is 17.0 Å². The number of piperazine rings is 1. The van der Waals surface area contributed by atoms with Gasteiger partial charge in [0.2, 0.25) is 0 Å². The Hall–Kier alpha value is -2.36. The number of hydrogen-bond donors (Lipinski definition) is 0. The first-order valence-electron chi connectivity index (χ1n) is 12.1. The van der Waals surface area contributed by atoms with Crippen LogP contribution in [0.2, 0.25) is 0 Å². The first-order chi connectivity index (χ1) is 16.3. The lowest BCUT2D eigenvalue weighted by molar-refractivity contribution is 0.0657. The maximum Gasteiger partial charge on any atom is 0.289 e. The summed E-state index contributed by atoms with van der Waals surface area (Å²) in [5.41, 5.74) is 2.22. The third kappa shape index (κ3) is 5.47. The van der Waals surface area contributed by atoms with E-state index in [0.717, 1.165) is 37.0 Å². The summed E-state index contributed by atoms with van der Waals surface area (Å²) in [6.45, 7) is 5.51. The lowest BCUT2D eigenvalue weighted by Gasteiger charge is -2.38. The number of benzene rings is 1. The standard InChI is InChI=1S/C25H35N3O5S/c1-19-9-11-23(20(2)17-19)32-18-22-10-12-24(33-22)25(29)27-13-15-28(16-14-27)34(30,31)26(3)21-7-5-4-6-8-21/h9-12,17,21H,4-8,13-16,18H2,1-3H3. The quantitative estimate of drug-likeness (QED) is 0.592. The summed E-state index contributed by atoms with van der Waals surface area (Å²) < 4.78 is 40.8. The van der Waals surface area contributed by atoms with Crippen LogP contribution in [0.25, 0.3) is 0 Å². The van der Waals surface area contributed by atoms with Gasteiger partial charge >= 0.3 is 0 Å². The molecule has 1 saturated carbocycles. The third-order valence-electron chi connectivity index (χ3n) is 6.88. The molecule has 1 amide bonds. The van der Waals surface area contributed by atoms with E-state index in [1.54, 1.807) is 24.1 Å². The van der Waals surface area contributed by atoms with Crippen LogP contribution in [0, 0.1) is 13.8 Å². The minimum absolute atomic E-state index is 0.0749. The van der Waals surface area contributed by atoms with E-state index in [-0.39, 0.29) is 37.4 Å². The summed E-state index contributed by atoms with van der Waals surface area (Å²) in [4.78, 5) is 14.6. The Morgan fingerprint density at radius 3 is 2.44 bits per heavy atom. The number of nitrogens with zero attached hydrogens (tertiary/aromatic N) is 3. The lowest BCUT2D eigenvalue weighted by Crippen LogP contribution is -2.55. The van der Waals surface area contributed by atoms with Crippen LogP contribution < -0.4 is 4.74 Å². The highest BCUT2D eigenvalue weighted by atomic mass is 32.2. The van der Waals surface area contributed by atoms with E-state index in [2.05, 4.69) is 6.07 Å². The predicted molar refractivity (Wildman–Crippen MR) is 130 cm³/mol. The molecule has 2 heterocycles. The number of furan rings is 1. The fraction of sp³-hybridized carbons (Fsp3) is 0.560. The fourth-order valence-corrected chi connectivity index (χ4v) is 6.35. The van der Waals surface area contributed by atoms with Crippen molar-refractivity contribution in [1.82, 2.24) is 13.5 Å². The third-order valence-corrected chi connectivity index (χ3v) is 8.92. The highest BCUT2D eigenvalue weighted by Gasteiger charge is 2.35. The van der Waals surface area contributed by atoms with Crippen molar-refractivity contribution >= 4 is 16.1 Å². The van der Waals surface area contributed by atoms with Crippen LogP contribution in [-0.4, -0.2) is 67.1 Å². The van der Waals surface area contributed by atoms with Crippen LogP contribution in [0.3, 0.4) is 0 Å². The van der Waals surface area contributed by atoms with E-state index >= 15 is 0 Å². The van der Waals surface area contributed by atoms with Crippen molar-refractivity contribution in [1.29, 1.82) is 0 Å². The molecule has 186 valence electrons. The highest BCUT2D eigenvalue weighted by molar-refractivity contribution is 7.86. The Bertz CT molecular complexity index is 1100. The molecule has 34 heavy (non-hydrogen) atoms. The molecular weight excluding hydrogens is 454 g/mol. The average Bonchev–Trinajstić information content (AvgIpc) is 3.32. The Morgan fingerprint density at radius 1 is 1.06 bits per heavy atom. The molecule has 1 aliphatic heterocycles. The molecule has 1 aromatic heterocycles. The second kappa shape index (κ2) is 10.5. The normalized spacial score (nSPS) is 18.4. The second-order valence-electron chi connectivity index (χ2n) is 9.33. The van der Waals surface area contributed by atoms with Gasteiger partial charge in [-0.15, -0.1) is 0 Å². The molecule has 0 spiro atoms. The summed E-state index contributed by atoms with van der Waals surface area (Å²) in [6, 6.07) is 9.45. The van der Waals surface area contributed by atoms with Crippen LogP contribution >= 0.6 is 0 Å². The molecular formula is C25H35N3O5S. The van der Waals surface area contributed by atoms with Gasteiger partial charge in [0.25, 0.3) is 16.1 Å². The van der Waals surface area contributed by atoms with Crippen molar-refractivity contribution in [2.24, 2.45) is 0 Å². The smallest absolute Gasteiger partial charge is 0.289 e. The first kappa shape index (κ1) is 24.8. The molecule has 2 fully saturated rings. The number of carbonyl (C=O) groups is 1. The molecule has 0 N–H and O–H groups in total. The molecule has 1 aliphatic carbocycles. The zero-order valence-corrected chi connectivity index (χ0v) is 21.1. The van der Waals surface area contributed by atoms with Crippen LogP contribution in [0.1, 0.15) is 59.5 Å². The largest absolute Gasteiger partial charge is 0.485 e. The van der Waals surface area contributed by atoms with E-state index < -0.39 is 10.2 Å². The maximum absolute atomic E-state index is 13.1. The molecule has 0 atom stereocenters. The summed E-state index contributed by atoms with van der Waals surface area (Å²) in [7, 11) is -1.83. The monoisotopic (exact) mass is 489 g/mol. The Balaban J connectivity index is 1.30. The van der Waals surface area contributed by atoms with Gasteiger partial charge in [0.1, 0.15) is 18.1 Å². The molecule has 1 saturated heterocycles. The lowest BCUT2D eigenvalue weighted by atomic mass is 9.96. The van der Waals surface area contributed by atoms with E-state index in [1.165, 1.54) is 20.6 Å². The zero-order valence-electron chi connectivity index (χ0n) is 20.3. The number of amides is 1. The molecule has 0 unspecified atom stereocenters. The molecule has 8 nitrogen and oxygen atoms in total. The Labute approximate surface area is 202 Å². The van der Waals surface area contributed by atoms with Crippen LogP contribution in [-0.2, 0) is 16.8 Å². The predicted octanol–water partition coefficient (Wildman–Crippen LogP) is 3.74. The molecule has 2 aliphatic rings. The van der Waals surface area contributed by atoms with Gasteiger partial charge in [-0.1, -0.05) is 37.0 Å². The van der Waals surface area contributed by atoms with Gasteiger partial charge in [-0.05, 0) is 50.5 Å². The zero-order chi connectivity index (χ0) is 24.3. The van der Waals surface area contributed by atoms with E-state index in [0.29, 0.717) is 18.8 Å². The van der Waals surface area contributed by atoms with Crippen molar-refractivity contribution in [2.45, 2.75) is 58.6 Å². The van der Waals surface area contributed by atoms with Crippen molar-refractivity contribution in [2.75, 3.05) is 33.2 Å². The molecule has 1 aromatic carbocycles. The Morgan fingerprint density at radius 2 is 1.76 bits per heavy atom. The fourth-order valence-electron chi connectivity index (χ4n) is 4.77. The average molecular weight is 490 g/mol. The van der Waals surface area contributed by atoms with Crippen LogP contribution in [0.5, 0.6) is 5.75 Å². The summed E-state index contributed by atoms with van der Waals surface area (Å²) in [6.07, 6.45) is 5.17. The number of rotatable bonds is 7. The van der Waals surface area contributed by atoms with Gasteiger partial charge in [0, 0.05) is 39.3 Å². The number of hydrogen-bond acceptors (Lipinski definition) is 5. The molecule has 0 bridgehead atoms. The molecule has 4 rings (SSSR count). The summed E-state index contributed by atoms with van der Waals surface area (Å²) in [5, 5.41) is 0. The summed E-state index contributed by atoms with van der Waals surface area (Å²) in [5.74, 6) is 1.37. The van der Waals surface area contributed by atoms with Gasteiger partial charge < -0.3 is 14.1 Å². The highest BCUT2D eigenvalue weighted by Crippen LogP contribution is 2.26. The van der Waals surface area contributed by atoms with Crippen molar-refractivity contribution in [3.05, 3.63) is 53.0 Å². The number of ether oxygens (including phenoxy) is 1. The van der Waals surface area contributed by atoms with Gasteiger partial charge in [0.05, 0.1) is 0 Å². The maximum atomic E-state index is 13.1. The summed E-state index contributed by atoms with van der Waals surface area (Å²) >= 11 is 0. The molecule has 0 radical (unpaired) electrons. The van der Waals surface area contributed by atoms with Gasteiger partial charge in [-0.25, -0.2) is 0 Å². The van der Waals surface area contributed by atoms with E-state index in [9.17, 15) is 13.2 Å². The van der Waals surface area contributed by atoms with Gasteiger partial charge in [0.15, 0.2) is 5.76 Å². The first-order valence-corrected chi connectivity index (χ1v) is 13.5. The second-order valence-corrected chi connectivity index (χ2v) is 11.3. The van der Waals surface area contributed by atoms with E-state index in [1.807, 2.05) is 26.0 Å². The SMILES string of the molecule is Cc1ccc(OCc2ccc(C(=O)N3CCN(S(=O)(=O)N(C)C4CCCCC4)CC3)o2)c(C)c1. The minimum atomic E-state index is -3.52. The minimum Gasteiger partial charge on any atom is -0.485 e. The Kier molecular flexibility index (Phi) is 7.64. The molecule has 9 heteroatoms. The topological polar surface area (TPSA) is 83.3 Å². The van der Waals surface area contributed by atoms with Crippen molar-refractivity contribution < 1.29 is 22.4 Å². The number of carbonyl (C=O) groups excluding carboxylic acids is 1.